The first kappa shape index (κ1) is 24.9. The number of rotatable bonds is 9. The molecule has 0 N–H and O–H groups in total. The summed E-state index contributed by atoms with van der Waals surface area (Å²) in [6.45, 7) is 4.17. The minimum Gasteiger partial charge on any atom is -0.493 e. The van der Waals surface area contributed by atoms with Crippen molar-refractivity contribution in [1.82, 2.24) is 0 Å². The summed E-state index contributed by atoms with van der Waals surface area (Å²) in [7, 11) is 0. The molecule has 1 aliphatic heterocycles. The van der Waals surface area contributed by atoms with Crippen LogP contribution in [-0.2, 0) is 17.8 Å². The Morgan fingerprint density at radius 3 is 2.70 bits per heavy atom. The van der Waals surface area contributed by atoms with Gasteiger partial charge >= 0.3 is 0 Å². The van der Waals surface area contributed by atoms with Crippen molar-refractivity contribution in [3.63, 3.8) is 0 Å². The van der Waals surface area contributed by atoms with Crippen molar-refractivity contribution in [1.29, 1.82) is 0 Å². The molecule has 192 valence electrons. The summed E-state index contributed by atoms with van der Waals surface area (Å²) in [6.07, 6.45) is 7.68. The molecule has 3 aromatic rings. The zero-order chi connectivity index (χ0) is 26.0. The fourth-order valence-corrected chi connectivity index (χ4v) is 4.61. The Hall–Kier alpha value is -3.76. The molecule has 3 aromatic carbocycles. The Bertz CT molecular complexity index is 1340. The van der Waals surface area contributed by atoms with Crippen LogP contribution in [0.4, 0.5) is 8.92 Å². The Balaban J connectivity index is 1.36. The normalized spacial score (nSPS) is 15.9. The molecule has 0 spiro atoms. The van der Waals surface area contributed by atoms with E-state index >= 15 is 4.39 Å². The summed E-state index contributed by atoms with van der Waals surface area (Å²) in [5.41, 5.74) is 1.97. The van der Waals surface area contributed by atoms with Gasteiger partial charge in [0.2, 0.25) is 0 Å². The smallest absolute Gasteiger partial charge is 0.146 e. The van der Waals surface area contributed by atoms with E-state index in [-0.39, 0.29) is 12.4 Å². The average molecular weight is 507 g/mol. The number of ether oxygens (including phenoxy) is 4. The van der Waals surface area contributed by atoms with E-state index in [4.69, 9.17) is 25.4 Å². The maximum Gasteiger partial charge on any atom is 0.146 e. The molecule has 37 heavy (non-hydrogen) atoms. The highest BCUT2D eigenvalue weighted by Crippen LogP contribution is 2.44. The van der Waals surface area contributed by atoms with Gasteiger partial charge in [-0.2, -0.15) is 4.94 Å². The van der Waals surface area contributed by atoms with Crippen LogP contribution in [0.25, 0.3) is 0 Å². The fourth-order valence-electron chi connectivity index (χ4n) is 4.61. The zero-order valence-electron chi connectivity index (χ0n) is 20.8. The third kappa shape index (κ3) is 5.35. The summed E-state index contributed by atoms with van der Waals surface area (Å²) in [6, 6.07) is 13.9. The molecule has 2 aliphatic rings. The van der Waals surface area contributed by atoms with Gasteiger partial charge in [-0.15, -0.1) is 6.42 Å². The van der Waals surface area contributed by atoms with Crippen molar-refractivity contribution >= 4 is 0 Å². The fraction of sp³-hybridized carbons (Fsp3) is 0.333. The first-order chi connectivity index (χ1) is 17.9. The van der Waals surface area contributed by atoms with Gasteiger partial charge in [0.25, 0.3) is 0 Å². The van der Waals surface area contributed by atoms with E-state index in [0.717, 1.165) is 23.3 Å². The molecule has 7 heteroatoms. The SMILES string of the molecule is C#Cc1ccc(OCCC(C)(C)OF)cc1Oc1ccc(F)c2c1CC[C@H]2Oc1ccc2c(c1)OCC2. The van der Waals surface area contributed by atoms with Crippen LogP contribution in [0.3, 0.4) is 0 Å². The van der Waals surface area contributed by atoms with Crippen LogP contribution in [0, 0.1) is 18.2 Å². The Labute approximate surface area is 215 Å². The Morgan fingerprint density at radius 2 is 1.89 bits per heavy atom. The van der Waals surface area contributed by atoms with Gasteiger partial charge in [0.1, 0.15) is 46.3 Å². The van der Waals surface area contributed by atoms with E-state index in [9.17, 15) is 4.53 Å². The predicted molar refractivity (Wildman–Crippen MR) is 135 cm³/mol. The molecule has 0 radical (unpaired) electrons. The predicted octanol–water partition coefficient (Wildman–Crippen LogP) is 7.05. The molecule has 0 saturated heterocycles. The van der Waals surface area contributed by atoms with Gasteiger partial charge in [0.15, 0.2) is 0 Å². The summed E-state index contributed by atoms with van der Waals surface area (Å²) in [5, 5.41) is 0. The highest BCUT2D eigenvalue weighted by Gasteiger charge is 2.31. The first-order valence-electron chi connectivity index (χ1n) is 12.3. The third-order valence-corrected chi connectivity index (χ3v) is 6.70. The van der Waals surface area contributed by atoms with Gasteiger partial charge in [-0.25, -0.2) is 4.39 Å². The second kappa shape index (κ2) is 10.3. The molecule has 0 amide bonds. The monoisotopic (exact) mass is 506 g/mol. The lowest BCUT2D eigenvalue weighted by Gasteiger charge is -2.19. The van der Waals surface area contributed by atoms with Gasteiger partial charge in [-0.1, -0.05) is 12.0 Å². The van der Waals surface area contributed by atoms with E-state index in [0.29, 0.717) is 60.0 Å². The number of halogens is 2. The van der Waals surface area contributed by atoms with Gasteiger partial charge in [-0.3, -0.25) is 0 Å². The second-order valence-electron chi connectivity index (χ2n) is 9.79. The van der Waals surface area contributed by atoms with Crippen molar-refractivity contribution in [2.45, 2.75) is 51.2 Å². The summed E-state index contributed by atoms with van der Waals surface area (Å²) < 4.78 is 51.4. The molecule has 1 atom stereocenters. The maximum atomic E-state index is 15.0. The van der Waals surface area contributed by atoms with Crippen LogP contribution in [0.2, 0.25) is 0 Å². The topological polar surface area (TPSA) is 46.2 Å². The van der Waals surface area contributed by atoms with Crippen LogP contribution in [0.15, 0.2) is 48.5 Å². The van der Waals surface area contributed by atoms with E-state index in [1.54, 1.807) is 38.1 Å². The van der Waals surface area contributed by atoms with Gasteiger partial charge in [0, 0.05) is 36.1 Å². The molecular formula is C30H28F2O5. The molecular weight excluding hydrogens is 478 g/mol. The Morgan fingerprint density at radius 1 is 1.05 bits per heavy atom. The summed E-state index contributed by atoms with van der Waals surface area (Å²) in [4.78, 5) is 3.95. The average Bonchev–Trinajstić information content (AvgIpc) is 3.53. The highest BCUT2D eigenvalue weighted by atomic mass is 19.3. The number of hydrogen-bond acceptors (Lipinski definition) is 5. The third-order valence-electron chi connectivity index (χ3n) is 6.70. The van der Waals surface area contributed by atoms with Gasteiger partial charge in [0.05, 0.1) is 18.8 Å². The molecule has 0 saturated carbocycles. The molecule has 1 heterocycles. The number of benzene rings is 3. The van der Waals surface area contributed by atoms with Crippen LogP contribution in [0.1, 0.15) is 55.0 Å². The van der Waals surface area contributed by atoms with E-state index in [2.05, 4.69) is 10.9 Å². The van der Waals surface area contributed by atoms with Crippen molar-refractivity contribution in [3.8, 4) is 41.1 Å². The largest absolute Gasteiger partial charge is 0.493 e. The molecule has 1 aliphatic carbocycles. The molecule has 0 unspecified atom stereocenters. The minimum absolute atomic E-state index is 0.241. The van der Waals surface area contributed by atoms with Gasteiger partial charge in [-0.05, 0) is 67.1 Å². The molecule has 0 bridgehead atoms. The van der Waals surface area contributed by atoms with Crippen LogP contribution < -0.4 is 18.9 Å². The van der Waals surface area contributed by atoms with Crippen LogP contribution in [0.5, 0.6) is 28.7 Å². The number of terminal acetylenes is 1. The summed E-state index contributed by atoms with van der Waals surface area (Å²) >= 11 is 0. The minimum atomic E-state index is -0.946. The number of hydrogen-bond donors (Lipinski definition) is 0. The van der Waals surface area contributed by atoms with E-state index < -0.39 is 11.7 Å². The van der Waals surface area contributed by atoms with Crippen molar-refractivity contribution in [2.24, 2.45) is 0 Å². The van der Waals surface area contributed by atoms with E-state index in [1.807, 2.05) is 18.2 Å². The van der Waals surface area contributed by atoms with Crippen molar-refractivity contribution < 1.29 is 32.8 Å². The Kier molecular flexibility index (Phi) is 6.94. The van der Waals surface area contributed by atoms with Crippen molar-refractivity contribution in [2.75, 3.05) is 13.2 Å². The molecule has 0 fully saturated rings. The standard InChI is InChI=1S/C30H28F2O5/c1-4-19-5-7-21(33-16-14-30(2,3)37-32)17-28(19)36-25-12-10-24(31)29-23(25)9-11-26(29)35-22-8-6-20-13-15-34-27(20)18-22/h1,5-8,10,12,17-18,26H,9,11,13-16H2,2-3H3/t26-/m1/s1. The molecule has 0 aromatic heterocycles. The van der Waals surface area contributed by atoms with Gasteiger partial charge < -0.3 is 18.9 Å². The second-order valence-corrected chi connectivity index (χ2v) is 9.79. The van der Waals surface area contributed by atoms with E-state index in [1.165, 1.54) is 6.07 Å². The lowest BCUT2D eigenvalue weighted by atomic mass is 10.1. The van der Waals surface area contributed by atoms with Crippen LogP contribution >= 0.6 is 0 Å². The quantitative estimate of drug-likeness (QED) is 0.291. The molecule has 5 rings (SSSR count). The lowest BCUT2D eigenvalue weighted by Crippen LogP contribution is -2.23. The zero-order valence-corrected chi connectivity index (χ0v) is 20.8. The highest BCUT2D eigenvalue weighted by molar-refractivity contribution is 5.54. The van der Waals surface area contributed by atoms with Crippen molar-refractivity contribution in [3.05, 3.63) is 76.6 Å². The van der Waals surface area contributed by atoms with Crippen LogP contribution in [-0.4, -0.2) is 18.8 Å². The summed E-state index contributed by atoms with van der Waals surface area (Å²) in [5.74, 6) is 5.18. The maximum absolute atomic E-state index is 15.0. The lowest BCUT2D eigenvalue weighted by molar-refractivity contribution is -0.225. The molecule has 5 nitrogen and oxygen atoms in total. The number of fused-ring (bicyclic) bond motifs is 2. The first-order valence-corrected chi connectivity index (χ1v) is 12.3.